The molecule has 0 spiro atoms. The first kappa shape index (κ1) is 22.0. The van der Waals surface area contributed by atoms with E-state index in [2.05, 4.69) is 0 Å². The Balaban J connectivity index is 1.39. The highest BCUT2D eigenvalue weighted by atomic mass is 35.5. The molecular weight excluding hydrogens is 446 g/mol. The van der Waals surface area contributed by atoms with Gasteiger partial charge in [0, 0.05) is 5.02 Å². The molecule has 0 aliphatic rings. The predicted molar refractivity (Wildman–Crippen MR) is 134 cm³/mol. The number of halogens is 1. The average molecular weight is 470 g/mol. The molecule has 0 bridgehead atoms. The Hall–Kier alpha value is -3.80. The van der Waals surface area contributed by atoms with Gasteiger partial charge >= 0.3 is 0 Å². The molecule has 1 heterocycles. The molecule has 4 aromatic carbocycles. The maximum Gasteiger partial charge on any atom is 0.203 e. The van der Waals surface area contributed by atoms with E-state index in [9.17, 15) is 5.11 Å². The van der Waals surface area contributed by atoms with Crippen LogP contribution in [0.1, 0.15) is 17.2 Å². The van der Waals surface area contributed by atoms with Crippen LogP contribution in [0.15, 0.2) is 103 Å². The van der Waals surface area contributed by atoms with Crippen molar-refractivity contribution in [3.05, 3.63) is 125 Å². The Morgan fingerprint density at radius 1 is 0.735 bits per heavy atom. The van der Waals surface area contributed by atoms with E-state index in [4.69, 9.17) is 21.7 Å². The van der Waals surface area contributed by atoms with E-state index in [0.29, 0.717) is 22.9 Å². The Morgan fingerprint density at radius 3 is 2.00 bits per heavy atom. The highest BCUT2D eigenvalue weighted by Crippen LogP contribution is 2.25. The van der Waals surface area contributed by atoms with Crippen LogP contribution < -0.4 is 10.4 Å². The Kier molecular flexibility index (Phi) is 6.21. The maximum atomic E-state index is 11.0. The Morgan fingerprint density at radius 2 is 1.32 bits per heavy atom. The standard InChI is InChI=1S/C28H24ClN3O2/c29-22-14-10-20(11-15-22)18-31-25-8-4-5-9-26(25)32(28(31)30)19-27(33)21-12-16-24(17-13-21)34-23-6-2-1-3-7-23/h1-17,27,30,33H,18-19H2. The minimum atomic E-state index is -0.769. The average Bonchev–Trinajstić information content (AvgIpc) is 3.12. The molecule has 0 saturated carbocycles. The van der Waals surface area contributed by atoms with E-state index < -0.39 is 6.10 Å². The number of imidazole rings is 1. The van der Waals surface area contributed by atoms with Crippen LogP contribution in [0.25, 0.3) is 11.0 Å². The number of aliphatic hydroxyl groups is 1. The SMILES string of the molecule is N=c1n(Cc2ccc(Cl)cc2)c2ccccc2n1CC(O)c1ccc(Oc2ccccc2)cc1. The van der Waals surface area contributed by atoms with E-state index in [1.165, 1.54) is 0 Å². The summed E-state index contributed by atoms with van der Waals surface area (Å²) < 4.78 is 9.64. The third-order valence-corrected chi connectivity index (χ3v) is 6.08. The fraction of sp³-hybridized carbons (Fsp3) is 0.107. The van der Waals surface area contributed by atoms with Crippen molar-refractivity contribution in [2.75, 3.05) is 0 Å². The van der Waals surface area contributed by atoms with E-state index in [1.807, 2.05) is 112 Å². The molecule has 0 amide bonds. The Labute approximate surface area is 202 Å². The predicted octanol–water partition coefficient (Wildman–Crippen LogP) is 6.15. The van der Waals surface area contributed by atoms with Gasteiger partial charge in [0.05, 0.1) is 30.2 Å². The van der Waals surface area contributed by atoms with Gasteiger partial charge in [-0.05, 0) is 59.7 Å². The van der Waals surface area contributed by atoms with Crippen molar-refractivity contribution in [3.63, 3.8) is 0 Å². The molecular formula is C28H24ClN3O2. The number of hydrogen-bond donors (Lipinski definition) is 2. The summed E-state index contributed by atoms with van der Waals surface area (Å²) in [5.41, 5.74) is 4.01. The van der Waals surface area contributed by atoms with Gasteiger partial charge in [0.15, 0.2) is 0 Å². The molecule has 0 aliphatic carbocycles. The first-order valence-electron chi connectivity index (χ1n) is 11.1. The molecule has 34 heavy (non-hydrogen) atoms. The van der Waals surface area contributed by atoms with Gasteiger partial charge in [-0.1, -0.05) is 66.2 Å². The van der Waals surface area contributed by atoms with Crippen molar-refractivity contribution < 1.29 is 9.84 Å². The summed E-state index contributed by atoms with van der Waals surface area (Å²) in [5.74, 6) is 1.47. The second-order valence-electron chi connectivity index (χ2n) is 8.14. The molecule has 0 aliphatic heterocycles. The van der Waals surface area contributed by atoms with Crippen molar-refractivity contribution in [1.29, 1.82) is 5.41 Å². The fourth-order valence-corrected chi connectivity index (χ4v) is 4.20. The number of aliphatic hydroxyl groups excluding tert-OH is 1. The summed E-state index contributed by atoms with van der Waals surface area (Å²) in [7, 11) is 0. The molecule has 0 fully saturated rings. The molecule has 1 aromatic heterocycles. The lowest BCUT2D eigenvalue weighted by molar-refractivity contribution is 0.155. The number of rotatable bonds is 7. The van der Waals surface area contributed by atoms with Crippen LogP contribution >= 0.6 is 11.6 Å². The zero-order chi connectivity index (χ0) is 23.5. The molecule has 5 rings (SSSR count). The lowest BCUT2D eigenvalue weighted by Crippen LogP contribution is -2.27. The number of para-hydroxylation sites is 3. The number of benzene rings is 4. The van der Waals surface area contributed by atoms with Crippen molar-refractivity contribution in [2.24, 2.45) is 0 Å². The van der Waals surface area contributed by atoms with Gasteiger partial charge in [0.2, 0.25) is 5.62 Å². The fourth-order valence-electron chi connectivity index (χ4n) is 4.07. The summed E-state index contributed by atoms with van der Waals surface area (Å²) in [6, 6.07) is 32.5. The number of aromatic nitrogens is 2. The van der Waals surface area contributed by atoms with Crippen molar-refractivity contribution in [2.45, 2.75) is 19.2 Å². The van der Waals surface area contributed by atoms with E-state index >= 15 is 0 Å². The lowest BCUT2D eigenvalue weighted by Gasteiger charge is -2.14. The van der Waals surface area contributed by atoms with Gasteiger partial charge < -0.3 is 19.0 Å². The van der Waals surface area contributed by atoms with Gasteiger partial charge in [0.1, 0.15) is 11.5 Å². The molecule has 5 nitrogen and oxygen atoms in total. The van der Waals surface area contributed by atoms with Gasteiger partial charge in [-0.15, -0.1) is 0 Å². The second kappa shape index (κ2) is 9.59. The second-order valence-corrected chi connectivity index (χ2v) is 8.57. The summed E-state index contributed by atoms with van der Waals surface area (Å²) in [4.78, 5) is 0. The van der Waals surface area contributed by atoms with Gasteiger partial charge in [-0.25, -0.2) is 0 Å². The number of ether oxygens (including phenoxy) is 1. The van der Waals surface area contributed by atoms with Crippen LogP contribution in [-0.2, 0) is 13.1 Å². The van der Waals surface area contributed by atoms with Crippen LogP contribution in [0, 0.1) is 5.41 Å². The maximum absolute atomic E-state index is 11.0. The Bertz CT molecular complexity index is 1460. The van der Waals surface area contributed by atoms with Crippen molar-refractivity contribution in [1.82, 2.24) is 9.13 Å². The quantitative estimate of drug-likeness (QED) is 0.300. The smallest absolute Gasteiger partial charge is 0.203 e. The topological polar surface area (TPSA) is 63.2 Å². The van der Waals surface area contributed by atoms with Crippen LogP contribution in [0.3, 0.4) is 0 Å². The molecule has 1 unspecified atom stereocenters. The van der Waals surface area contributed by atoms with Crippen molar-refractivity contribution >= 4 is 22.6 Å². The third-order valence-electron chi connectivity index (χ3n) is 5.83. The summed E-state index contributed by atoms with van der Waals surface area (Å²) in [6.45, 7) is 0.816. The molecule has 0 saturated heterocycles. The lowest BCUT2D eigenvalue weighted by atomic mass is 10.1. The van der Waals surface area contributed by atoms with Crippen molar-refractivity contribution in [3.8, 4) is 11.5 Å². The van der Waals surface area contributed by atoms with Crippen LogP contribution in [0.5, 0.6) is 11.5 Å². The largest absolute Gasteiger partial charge is 0.457 e. The molecule has 2 N–H and O–H groups in total. The molecule has 6 heteroatoms. The highest BCUT2D eigenvalue weighted by molar-refractivity contribution is 6.30. The number of fused-ring (bicyclic) bond motifs is 1. The van der Waals surface area contributed by atoms with Gasteiger partial charge in [-0.2, -0.15) is 0 Å². The van der Waals surface area contributed by atoms with Gasteiger partial charge in [-0.3, -0.25) is 5.41 Å². The number of nitrogens with one attached hydrogen (secondary N) is 1. The summed E-state index contributed by atoms with van der Waals surface area (Å²) >= 11 is 6.03. The minimum Gasteiger partial charge on any atom is -0.457 e. The van der Waals surface area contributed by atoms with Crippen LogP contribution in [0.2, 0.25) is 5.02 Å². The number of hydrogen-bond acceptors (Lipinski definition) is 3. The first-order chi connectivity index (χ1) is 16.6. The van der Waals surface area contributed by atoms with Gasteiger partial charge in [0.25, 0.3) is 0 Å². The molecule has 170 valence electrons. The van der Waals surface area contributed by atoms with E-state index in [0.717, 1.165) is 27.9 Å². The molecule has 1 atom stereocenters. The van der Waals surface area contributed by atoms with E-state index in [-0.39, 0.29) is 6.54 Å². The number of nitrogens with zero attached hydrogens (tertiary/aromatic N) is 2. The monoisotopic (exact) mass is 469 g/mol. The molecule has 5 aromatic rings. The third kappa shape index (κ3) is 4.62. The highest BCUT2D eigenvalue weighted by Gasteiger charge is 2.16. The first-order valence-corrected chi connectivity index (χ1v) is 11.4. The summed E-state index contributed by atoms with van der Waals surface area (Å²) in [6.07, 6.45) is -0.769. The van der Waals surface area contributed by atoms with Crippen LogP contribution in [0.4, 0.5) is 0 Å². The van der Waals surface area contributed by atoms with E-state index in [1.54, 1.807) is 0 Å². The van der Waals surface area contributed by atoms with Crippen LogP contribution in [-0.4, -0.2) is 14.2 Å². The zero-order valence-corrected chi connectivity index (χ0v) is 19.2. The normalized spacial score (nSPS) is 12.1. The zero-order valence-electron chi connectivity index (χ0n) is 18.4. The minimum absolute atomic E-state index is 0.270. The summed E-state index contributed by atoms with van der Waals surface area (Å²) in [5, 5.41) is 20.5. The molecule has 0 radical (unpaired) electrons.